The Kier molecular flexibility index (Phi) is 7.66. The van der Waals surface area contributed by atoms with E-state index in [2.05, 4.69) is 10.2 Å². The van der Waals surface area contributed by atoms with E-state index in [0.29, 0.717) is 49.5 Å². The fraction of sp³-hybridized carbons (Fsp3) is 0.385. The van der Waals surface area contributed by atoms with Gasteiger partial charge in [0.2, 0.25) is 15.9 Å². The van der Waals surface area contributed by atoms with E-state index in [0.717, 1.165) is 23.2 Å². The first-order valence-electron chi connectivity index (χ1n) is 11.9. The lowest BCUT2D eigenvalue weighted by atomic mass is 9.96. The number of H-pyrrole nitrogens is 1. The molecule has 0 unspecified atom stereocenters. The zero-order valence-electron chi connectivity index (χ0n) is 20.1. The highest BCUT2D eigenvalue weighted by atomic mass is 32.2. The topological polar surface area (TPSA) is 86.4 Å². The van der Waals surface area contributed by atoms with Crippen LogP contribution in [-0.4, -0.2) is 60.4 Å². The minimum absolute atomic E-state index is 0.0578. The quantitative estimate of drug-likeness (QED) is 0.508. The number of halogens is 1. The predicted octanol–water partition coefficient (Wildman–Crippen LogP) is 4.02. The molecule has 2 heterocycles. The van der Waals surface area contributed by atoms with Gasteiger partial charge in [-0.1, -0.05) is 29.8 Å². The normalized spacial score (nSPS) is 15.3. The monoisotopic (exact) mass is 498 g/mol. The Morgan fingerprint density at radius 3 is 2.54 bits per heavy atom. The van der Waals surface area contributed by atoms with Crippen molar-refractivity contribution in [1.29, 1.82) is 0 Å². The third-order valence-corrected chi connectivity index (χ3v) is 8.44. The molecule has 186 valence electrons. The van der Waals surface area contributed by atoms with Crippen molar-refractivity contribution in [2.24, 2.45) is 5.92 Å². The Hall–Kier alpha value is -3.04. The van der Waals surface area contributed by atoms with Crippen molar-refractivity contribution in [2.75, 3.05) is 26.7 Å². The number of hydrogen-bond donors (Lipinski definition) is 1. The van der Waals surface area contributed by atoms with Gasteiger partial charge in [-0.15, -0.1) is 0 Å². The maximum atomic E-state index is 13.4. The van der Waals surface area contributed by atoms with Crippen molar-refractivity contribution >= 4 is 15.9 Å². The first-order valence-corrected chi connectivity index (χ1v) is 13.3. The third kappa shape index (κ3) is 5.97. The van der Waals surface area contributed by atoms with Crippen molar-refractivity contribution < 1.29 is 17.6 Å². The highest BCUT2D eigenvalue weighted by molar-refractivity contribution is 7.89. The van der Waals surface area contributed by atoms with E-state index in [-0.39, 0.29) is 17.6 Å². The largest absolute Gasteiger partial charge is 0.346 e. The van der Waals surface area contributed by atoms with E-state index in [9.17, 15) is 17.6 Å². The van der Waals surface area contributed by atoms with E-state index >= 15 is 0 Å². The summed E-state index contributed by atoms with van der Waals surface area (Å²) in [6.07, 6.45) is 2.51. The van der Waals surface area contributed by atoms with Gasteiger partial charge < -0.3 is 4.90 Å². The van der Waals surface area contributed by atoms with Crippen molar-refractivity contribution in [2.45, 2.75) is 37.5 Å². The van der Waals surface area contributed by atoms with Crippen LogP contribution in [0.25, 0.3) is 11.3 Å². The molecule has 3 aromatic rings. The van der Waals surface area contributed by atoms with Crippen LogP contribution in [0.5, 0.6) is 0 Å². The van der Waals surface area contributed by atoms with Crippen LogP contribution < -0.4 is 0 Å². The number of piperidine rings is 1. The number of carbonyl (C=O) groups excluding carboxylic acids is 1. The van der Waals surface area contributed by atoms with E-state index in [1.807, 2.05) is 19.1 Å². The van der Waals surface area contributed by atoms with Gasteiger partial charge in [-0.3, -0.25) is 9.89 Å². The Balaban J connectivity index is 1.24. The van der Waals surface area contributed by atoms with Crippen LogP contribution in [0.3, 0.4) is 0 Å². The molecule has 7 nitrogen and oxygen atoms in total. The zero-order valence-corrected chi connectivity index (χ0v) is 20.9. The molecular formula is C26H31FN4O3S. The smallest absolute Gasteiger partial charge is 0.243 e. The van der Waals surface area contributed by atoms with E-state index in [1.54, 1.807) is 42.3 Å². The molecule has 1 aliphatic rings. The summed E-state index contributed by atoms with van der Waals surface area (Å²) in [6, 6.07) is 15.1. The summed E-state index contributed by atoms with van der Waals surface area (Å²) < 4.78 is 40.7. The Morgan fingerprint density at radius 2 is 1.86 bits per heavy atom. The van der Waals surface area contributed by atoms with Crippen LogP contribution >= 0.6 is 0 Å². The standard InChI is InChI=1S/C26H31FN4O3S/c1-19-8-10-24(11-9-19)35(33,34)31-15-12-20(13-16-31)26(32)30(2)14-4-7-23-18-25(29-28-23)21-5-3-6-22(27)17-21/h3,5-6,8-11,17-18,20H,4,7,12-16H2,1-2H3,(H,28,29). The second-order valence-corrected chi connectivity index (χ2v) is 11.1. The van der Waals surface area contributed by atoms with Crippen LogP contribution in [0.15, 0.2) is 59.5 Å². The minimum Gasteiger partial charge on any atom is -0.346 e. The lowest BCUT2D eigenvalue weighted by Gasteiger charge is -2.32. The predicted molar refractivity (Wildman–Crippen MR) is 133 cm³/mol. The highest BCUT2D eigenvalue weighted by Gasteiger charge is 2.33. The average Bonchev–Trinajstić information content (AvgIpc) is 3.33. The summed E-state index contributed by atoms with van der Waals surface area (Å²) in [4.78, 5) is 15.0. The lowest BCUT2D eigenvalue weighted by molar-refractivity contribution is -0.135. The SMILES string of the molecule is Cc1ccc(S(=O)(=O)N2CCC(C(=O)N(C)CCCc3cc(-c4cccc(F)c4)n[nH]3)CC2)cc1. The summed E-state index contributed by atoms with van der Waals surface area (Å²) in [6.45, 7) is 3.20. The number of hydrogen-bond acceptors (Lipinski definition) is 4. The van der Waals surface area contributed by atoms with Gasteiger partial charge in [0.1, 0.15) is 5.82 Å². The van der Waals surface area contributed by atoms with Gasteiger partial charge in [-0.2, -0.15) is 9.40 Å². The summed E-state index contributed by atoms with van der Waals surface area (Å²) in [7, 11) is -1.74. The number of aryl methyl sites for hydroxylation is 2. The van der Waals surface area contributed by atoms with E-state index in [4.69, 9.17) is 0 Å². The molecule has 1 saturated heterocycles. The Bertz CT molecular complexity index is 1270. The van der Waals surface area contributed by atoms with E-state index in [1.165, 1.54) is 16.4 Å². The van der Waals surface area contributed by atoms with Crippen LogP contribution in [-0.2, 0) is 21.2 Å². The number of rotatable bonds is 8. The van der Waals surface area contributed by atoms with Crippen LogP contribution in [0.4, 0.5) is 4.39 Å². The Morgan fingerprint density at radius 1 is 1.14 bits per heavy atom. The third-order valence-electron chi connectivity index (χ3n) is 6.53. The molecule has 0 atom stereocenters. The summed E-state index contributed by atoms with van der Waals surface area (Å²) in [5.74, 6) is -0.413. The van der Waals surface area contributed by atoms with Gasteiger partial charge in [0.25, 0.3) is 0 Å². The molecule has 9 heteroatoms. The number of aromatic amines is 1. The average molecular weight is 499 g/mol. The number of amides is 1. The maximum absolute atomic E-state index is 13.4. The van der Waals surface area contributed by atoms with Gasteiger partial charge in [0, 0.05) is 43.9 Å². The maximum Gasteiger partial charge on any atom is 0.243 e. The number of benzene rings is 2. The molecule has 35 heavy (non-hydrogen) atoms. The Labute approximate surface area is 206 Å². The summed E-state index contributed by atoms with van der Waals surface area (Å²) in [5, 5.41) is 7.25. The molecule has 1 N–H and O–H groups in total. The molecule has 0 bridgehead atoms. The van der Waals surface area contributed by atoms with Crippen molar-refractivity contribution in [3.05, 3.63) is 71.7 Å². The number of sulfonamides is 1. The number of aromatic nitrogens is 2. The first kappa shape index (κ1) is 25.1. The minimum atomic E-state index is -3.54. The van der Waals surface area contributed by atoms with Gasteiger partial charge in [-0.05, 0) is 62.9 Å². The summed E-state index contributed by atoms with van der Waals surface area (Å²) >= 11 is 0. The molecule has 1 aromatic heterocycles. The van der Waals surface area contributed by atoms with Gasteiger partial charge in [0.05, 0.1) is 10.6 Å². The van der Waals surface area contributed by atoms with Crippen molar-refractivity contribution in [1.82, 2.24) is 19.4 Å². The van der Waals surface area contributed by atoms with Gasteiger partial charge >= 0.3 is 0 Å². The zero-order chi connectivity index (χ0) is 25.0. The second-order valence-electron chi connectivity index (χ2n) is 9.14. The molecule has 0 spiro atoms. The van der Waals surface area contributed by atoms with Crippen molar-refractivity contribution in [3.8, 4) is 11.3 Å². The molecule has 1 amide bonds. The molecule has 4 rings (SSSR count). The molecule has 0 saturated carbocycles. The second kappa shape index (κ2) is 10.7. The molecule has 1 aliphatic heterocycles. The molecule has 0 radical (unpaired) electrons. The number of carbonyl (C=O) groups is 1. The lowest BCUT2D eigenvalue weighted by Crippen LogP contribution is -2.43. The van der Waals surface area contributed by atoms with Crippen LogP contribution in [0.2, 0.25) is 0 Å². The number of nitrogens with zero attached hydrogens (tertiary/aromatic N) is 3. The fourth-order valence-electron chi connectivity index (χ4n) is 4.42. The molecule has 0 aliphatic carbocycles. The van der Waals surface area contributed by atoms with Crippen LogP contribution in [0.1, 0.15) is 30.5 Å². The molecule has 1 fully saturated rings. The first-order chi connectivity index (χ1) is 16.7. The fourth-order valence-corrected chi connectivity index (χ4v) is 5.89. The molecule has 2 aromatic carbocycles. The number of nitrogens with one attached hydrogen (secondary N) is 1. The van der Waals surface area contributed by atoms with E-state index < -0.39 is 10.0 Å². The van der Waals surface area contributed by atoms with Crippen LogP contribution in [0, 0.1) is 18.7 Å². The van der Waals surface area contributed by atoms with Crippen molar-refractivity contribution in [3.63, 3.8) is 0 Å². The van der Waals surface area contributed by atoms with Gasteiger partial charge in [-0.25, -0.2) is 12.8 Å². The van der Waals surface area contributed by atoms with Gasteiger partial charge in [0.15, 0.2) is 0 Å². The summed E-state index contributed by atoms with van der Waals surface area (Å²) in [5.41, 5.74) is 3.35. The molecular weight excluding hydrogens is 467 g/mol. The highest BCUT2D eigenvalue weighted by Crippen LogP contribution is 2.25.